The van der Waals surface area contributed by atoms with Crippen molar-refractivity contribution in [2.75, 3.05) is 18.5 Å². The molecule has 7 nitrogen and oxygen atoms in total. The normalized spacial score (nSPS) is 10.5. The average molecular weight is 401 g/mol. The van der Waals surface area contributed by atoms with Crippen molar-refractivity contribution in [2.45, 2.75) is 20.8 Å². The van der Waals surface area contributed by atoms with Gasteiger partial charge >= 0.3 is 0 Å². The molecule has 2 aromatic rings. The molecule has 1 amide bonds. The lowest BCUT2D eigenvalue weighted by Gasteiger charge is -2.13. The van der Waals surface area contributed by atoms with E-state index in [1.54, 1.807) is 24.4 Å². The van der Waals surface area contributed by atoms with Crippen LogP contribution in [0.5, 0.6) is 11.5 Å². The molecule has 0 radical (unpaired) electrons. The number of hydrogen-bond acceptors (Lipinski definition) is 5. The van der Waals surface area contributed by atoms with Crippen molar-refractivity contribution in [3.8, 4) is 11.5 Å². The van der Waals surface area contributed by atoms with Crippen LogP contribution < -0.4 is 25.9 Å². The fraction of sp³-hybridized carbons (Fsp3) is 0.250. The van der Waals surface area contributed by atoms with Gasteiger partial charge in [-0.25, -0.2) is 0 Å². The van der Waals surface area contributed by atoms with Gasteiger partial charge in [0.1, 0.15) is 0 Å². The molecule has 0 fully saturated rings. The first kappa shape index (κ1) is 21.2. The summed E-state index contributed by atoms with van der Waals surface area (Å²) in [6.45, 7) is 6.21. The third-order valence-corrected chi connectivity index (χ3v) is 3.90. The summed E-state index contributed by atoms with van der Waals surface area (Å²) in [5.41, 5.74) is 11.6. The number of aryl methyl sites for hydroxylation is 2. The van der Waals surface area contributed by atoms with Crippen LogP contribution >= 0.6 is 12.2 Å². The van der Waals surface area contributed by atoms with Gasteiger partial charge in [0, 0.05) is 5.69 Å². The summed E-state index contributed by atoms with van der Waals surface area (Å²) in [5, 5.41) is 6.81. The van der Waals surface area contributed by atoms with Crippen molar-refractivity contribution in [2.24, 2.45) is 10.8 Å². The number of nitrogens with two attached hydrogens (primary N) is 1. The van der Waals surface area contributed by atoms with Gasteiger partial charge in [-0.15, -0.1) is 0 Å². The van der Waals surface area contributed by atoms with Gasteiger partial charge in [-0.2, -0.15) is 5.10 Å². The zero-order valence-corrected chi connectivity index (χ0v) is 16.9. The van der Waals surface area contributed by atoms with E-state index in [2.05, 4.69) is 28.1 Å². The van der Waals surface area contributed by atoms with Crippen molar-refractivity contribution >= 4 is 35.1 Å². The highest BCUT2D eigenvalue weighted by molar-refractivity contribution is 7.80. The third kappa shape index (κ3) is 6.55. The molecule has 28 heavy (non-hydrogen) atoms. The molecule has 0 aliphatic carbocycles. The van der Waals surface area contributed by atoms with Crippen LogP contribution in [0.15, 0.2) is 41.5 Å². The van der Waals surface area contributed by atoms with E-state index in [1.807, 2.05) is 39.0 Å². The van der Waals surface area contributed by atoms with Crippen LogP contribution in [0.3, 0.4) is 0 Å². The number of amides is 1. The number of hydrogen-bond donors (Lipinski definition) is 3. The predicted octanol–water partition coefficient (Wildman–Crippen LogP) is 2.89. The number of nitrogens with one attached hydrogen (secondary N) is 2. The Morgan fingerprint density at radius 3 is 2.61 bits per heavy atom. The Bertz CT molecular complexity index is 884. The lowest BCUT2D eigenvalue weighted by atomic mass is 10.1. The number of ether oxygens (including phenoxy) is 2. The topological polar surface area (TPSA) is 98.0 Å². The smallest absolute Gasteiger partial charge is 0.262 e. The van der Waals surface area contributed by atoms with Crippen molar-refractivity contribution < 1.29 is 14.3 Å². The number of carbonyl (C=O) groups excluding carboxylic acids is 1. The summed E-state index contributed by atoms with van der Waals surface area (Å²) in [7, 11) is 0. The van der Waals surface area contributed by atoms with E-state index in [1.165, 1.54) is 5.56 Å². The van der Waals surface area contributed by atoms with Gasteiger partial charge in [0.05, 0.1) is 12.8 Å². The Kier molecular flexibility index (Phi) is 7.76. The Labute approximate surface area is 169 Å². The first-order valence-electron chi connectivity index (χ1n) is 8.74. The quantitative estimate of drug-likeness (QED) is 0.358. The molecule has 0 aromatic heterocycles. The van der Waals surface area contributed by atoms with E-state index in [4.69, 9.17) is 15.2 Å². The lowest BCUT2D eigenvalue weighted by molar-refractivity contribution is -0.118. The highest BCUT2D eigenvalue weighted by Gasteiger charge is 2.10. The van der Waals surface area contributed by atoms with Gasteiger partial charge in [-0.1, -0.05) is 6.07 Å². The van der Waals surface area contributed by atoms with Crippen LogP contribution in [0.1, 0.15) is 23.6 Å². The summed E-state index contributed by atoms with van der Waals surface area (Å²) in [4.78, 5) is 12.2. The molecule has 0 aliphatic heterocycles. The number of anilines is 1. The third-order valence-electron chi connectivity index (χ3n) is 3.81. The highest BCUT2D eigenvalue weighted by Crippen LogP contribution is 2.28. The molecule has 0 unspecified atom stereocenters. The molecule has 148 valence electrons. The van der Waals surface area contributed by atoms with E-state index in [0.29, 0.717) is 18.1 Å². The number of rotatable bonds is 8. The van der Waals surface area contributed by atoms with Crippen LogP contribution in [0, 0.1) is 13.8 Å². The van der Waals surface area contributed by atoms with Crippen LogP contribution in [0.25, 0.3) is 0 Å². The summed E-state index contributed by atoms with van der Waals surface area (Å²) in [5.74, 6) is 0.731. The monoisotopic (exact) mass is 400 g/mol. The minimum absolute atomic E-state index is 0.0796. The van der Waals surface area contributed by atoms with Crippen LogP contribution in [0.4, 0.5) is 5.69 Å². The number of carbonyl (C=O) groups is 1. The van der Waals surface area contributed by atoms with Crippen LogP contribution in [0.2, 0.25) is 0 Å². The van der Waals surface area contributed by atoms with E-state index in [9.17, 15) is 4.79 Å². The first-order chi connectivity index (χ1) is 13.4. The predicted molar refractivity (Wildman–Crippen MR) is 115 cm³/mol. The second-order valence-electron chi connectivity index (χ2n) is 6.01. The van der Waals surface area contributed by atoms with Gasteiger partial charge in [0.25, 0.3) is 5.91 Å². The molecule has 0 aliphatic rings. The standard InChI is InChI=1S/C20H24N4O3S/c1-4-26-18-10-15(11-22-24-20(21)28)6-8-17(18)27-12-19(25)23-16-7-5-13(2)14(3)9-16/h5-11H,4,12H2,1-3H3,(H,23,25)(H3,21,24,28). The van der Waals surface area contributed by atoms with Gasteiger partial charge in [0.2, 0.25) is 0 Å². The minimum Gasteiger partial charge on any atom is -0.490 e. The van der Waals surface area contributed by atoms with Gasteiger partial charge in [-0.3, -0.25) is 10.2 Å². The first-order valence-corrected chi connectivity index (χ1v) is 9.15. The summed E-state index contributed by atoms with van der Waals surface area (Å²) in [6.07, 6.45) is 1.55. The summed E-state index contributed by atoms with van der Waals surface area (Å²) >= 11 is 4.69. The number of nitrogens with zero attached hydrogens (tertiary/aromatic N) is 1. The molecule has 0 saturated heterocycles. The maximum Gasteiger partial charge on any atom is 0.262 e. The Morgan fingerprint density at radius 1 is 1.14 bits per heavy atom. The SMILES string of the molecule is CCOc1cc(C=NNC(N)=S)ccc1OCC(=O)Nc1ccc(C)c(C)c1. The molecule has 2 aromatic carbocycles. The van der Waals surface area contributed by atoms with E-state index >= 15 is 0 Å². The van der Waals surface area contributed by atoms with E-state index < -0.39 is 0 Å². The average Bonchev–Trinajstić information content (AvgIpc) is 2.64. The molecule has 0 heterocycles. The molecule has 4 N–H and O–H groups in total. The van der Waals surface area contributed by atoms with Crippen LogP contribution in [-0.4, -0.2) is 30.4 Å². The Balaban J connectivity index is 2.01. The fourth-order valence-electron chi connectivity index (χ4n) is 2.32. The van der Waals surface area contributed by atoms with Gasteiger partial charge < -0.3 is 20.5 Å². The molecule has 0 spiro atoms. The second kappa shape index (κ2) is 10.3. The van der Waals surface area contributed by atoms with E-state index in [0.717, 1.165) is 16.8 Å². The highest BCUT2D eigenvalue weighted by atomic mass is 32.1. The Morgan fingerprint density at radius 2 is 1.93 bits per heavy atom. The molecular formula is C20H24N4O3S. The number of hydrazone groups is 1. The van der Waals surface area contributed by atoms with Crippen molar-refractivity contribution in [1.82, 2.24) is 5.43 Å². The zero-order valence-electron chi connectivity index (χ0n) is 16.1. The zero-order chi connectivity index (χ0) is 20.5. The van der Waals surface area contributed by atoms with Crippen LogP contribution in [-0.2, 0) is 4.79 Å². The summed E-state index contributed by atoms with van der Waals surface area (Å²) < 4.78 is 11.2. The number of thiocarbonyl (C=S) groups is 1. The van der Waals surface area contributed by atoms with Crippen molar-refractivity contribution in [3.63, 3.8) is 0 Å². The molecule has 2 rings (SSSR count). The molecule has 0 bridgehead atoms. The summed E-state index contributed by atoms with van der Waals surface area (Å²) in [6, 6.07) is 11.0. The Hall–Kier alpha value is -3.13. The molecule has 0 saturated carbocycles. The lowest BCUT2D eigenvalue weighted by Crippen LogP contribution is -2.24. The maximum absolute atomic E-state index is 12.2. The fourth-order valence-corrected chi connectivity index (χ4v) is 2.38. The molecular weight excluding hydrogens is 376 g/mol. The van der Waals surface area contributed by atoms with Gasteiger partial charge in [-0.05, 0) is 80.0 Å². The maximum atomic E-state index is 12.2. The molecule has 8 heteroatoms. The van der Waals surface area contributed by atoms with Crippen molar-refractivity contribution in [1.29, 1.82) is 0 Å². The van der Waals surface area contributed by atoms with Gasteiger partial charge in [0.15, 0.2) is 23.2 Å². The minimum atomic E-state index is -0.253. The number of benzene rings is 2. The van der Waals surface area contributed by atoms with E-state index in [-0.39, 0.29) is 17.6 Å². The molecule has 0 atom stereocenters. The van der Waals surface area contributed by atoms with Crippen molar-refractivity contribution in [3.05, 3.63) is 53.1 Å². The largest absolute Gasteiger partial charge is 0.490 e. The second-order valence-corrected chi connectivity index (χ2v) is 6.45.